The molecule has 2 aromatic heterocycles. The van der Waals surface area contributed by atoms with Crippen molar-refractivity contribution in [1.29, 1.82) is 0 Å². The smallest absolute Gasteiger partial charge is 0.226 e. The lowest BCUT2D eigenvalue weighted by molar-refractivity contribution is 0.230. The molecule has 0 aliphatic carbocycles. The Morgan fingerprint density at radius 1 is 1.18 bits per heavy atom. The number of aromatic nitrogens is 2. The molecule has 1 fully saturated rings. The quantitative estimate of drug-likeness (QED) is 0.859. The van der Waals surface area contributed by atoms with Crippen molar-refractivity contribution in [2.24, 2.45) is 0 Å². The van der Waals surface area contributed by atoms with Gasteiger partial charge in [0, 0.05) is 46.5 Å². The highest BCUT2D eigenvalue weighted by Crippen LogP contribution is 2.18. The normalized spacial score (nSPS) is 16.0. The van der Waals surface area contributed by atoms with E-state index in [0.717, 1.165) is 50.3 Å². The Kier molecular flexibility index (Phi) is 4.49. The van der Waals surface area contributed by atoms with Crippen LogP contribution in [0.25, 0.3) is 0 Å². The predicted octanol–water partition coefficient (Wildman–Crippen LogP) is 2.11. The molecule has 1 aliphatic heterocycles. The molecule has 0 unspecified atom stereocenters. The van der Waals surface area contributed by atoms with E-state index in [4.69, 9.17) is 16.0 Å². The maximum absolute atomic E-state index is 5.81. The van der Waals surface area contributed by atoms with Crippen LogP contribution < -0.4 is 9.80 Å². The van der Waals surface area contributed by atoms with Crippen LogP contribution in [0, 0.1) is 0 Å². The molecular formula is C15H20ClN5O. The molecule has 0 bridgehead atoms. The van der Waals surface area contributed by atoms with Crippen molar-refractivity contribution in [3.8, 4) is 0 Å². The Hall–Kier alpha value is -1.79. The van der Waals surface area contributed by atoms with Gasteiger partial charge in [0.25, 0.3) is 0 Å². The van der Waals surface area contributed by atoms with Crippen molar-refractivity contribution in [2.75, 3.05) is 50.1 Å². The summed E-state index contributed by atoms with van der Waals surface area (Å²) in [7, 11) is 3.90. The zero-order valence-corrected chi connectivity index (χ0v) is 13.6. The summed E-state index contributed by atoms with van der Waals surface area (Å²) in [6.45, 7) is 4.63. The first-order chi connectivity index (χ1) is 10.6. The lowest BCUT2D eigenvalue weighted by Crippen LogP contribution is -2.46. The zero-order chi connectivity index (χ0) is 15.5. The van der Waals surface area contributed by atoms with Crippen LogP contribution in [0.4, 0.5) is 11.8 Å². The SMILES string of the molecule is CN(C)c1nccc(N2CCN(Cc3ccc(Cl)o3)CC2)n1. The minimum absolute atomic E-state index is 0.450. The molecule has 1 saturated heterocycles. The van der Waals surface area contributed by atoms with Crippen LogP contribution in [0.2, 0.25) is 5.22 Å². The van der Waals surface area contributed by atoms with Crippen LogP contribution >= 0.6 is 11.6 Å². The average molecular weight is 322 g/mol. The molecule has 0 saturated carbocycles. The lowest BCUT2D eigenvalue weighted by Gasteiger charge is -2.35. The number of rotatable bonds is 4. The van der Waals surface area contributed by atoms with E-state index in [2.05, 4.69) is 19.8 Å². The average Bonchev–Trinajstić information content (AvgIpc) is 2.93. The first-order valence-electron chi connectivity index (χ1n) is 7.34. The summed E-state index contributed by atoms with van der Waals surface area (Å²) >= 11 is 5.81. The molecule has 0 radical (unpaired) electrons. The second-order valence-electron chi connectivity index (χ2n) is 5.58. The van der Waals surface area contributed by atoms with Gasteiger partial charge in [0.2, 0.25) is 5.95 Å². The van der Waals surface area contributed by atoms with Crippen molar-refractivity contribution in [1.82, 2.24) is 14.9 Å². The van der Waals surface area contributed by atoms with Gasteiger partial charge in [-0.25, -0.2) is 4.98 Å². The number of piperazine rings is 1. The van der Waals surface area contributed by atoms with E-state index in [1.54, 1.807) is 6.07 Å². The third-order valence-corrected chi connectivity index (χ3v) is 3.94. The topological polar surface area (TPSA) is 48.6 Å². The van der Waals surface area contributed by atoms with Gasteiger partial charge in [0.1, 0.15) is 11.6 Å². The van der Waals surface area contributed by atoms with E-state index in [1.807, 2.05) is 37.3 Å². The molecule has 22 heavy (non-hydrogen) atoms. The van der Waals surface area contributed by atoms with Crippen LogP contribution in [-0.2, 0) is 6.54 Å². The van der Waals surface area contributed by atoms with E-state index in [-0.39, 0.29) is 0 Å². The highest BCUT2D eigenvalue weighted by molar-refractivity contribution is 6.28. The number of anilines is 2. The Bertz CT molecular complexity index is 622. The maximum Gasteiger partial charge on any atom is 0.226 e. The maximum atomic E-state index is 5.81. The molecule has 2 aromatic rings. The van der Waals surface area contributed by atoms with Gasteiger partial charge >= 0.3 is 0 Å². The van der Waals surface area contributed by atoms with Gasteiger partial charge in [-0.15, -0.1) is 0 Å². The molecule has 0 N–H and O–H groups in total. The lowest BCUT2D eigenvalue weighted by atomic mass is 10.3. The Morgan fingerprint density at radius 2 is 1.95 bits per heavy atom. The van der Waals surface area contributed by atoms with Gasteiger partial charge in [-0.2, -0.15) is 4.98 Å². The van der Waals surface area contributed by atoms with Crippen molar-refractivity contribution < 1.29 is 4.42 Å². The standard InChI is InChI=1S/C15H20ClN5O/c1-19(2)15-17-6-5-14(18-15)21-9-7-20(8-10-21)11-12-3-4-13(16)22-12/h3-6H,7-11H2,1-2H3. The third kappa shape index (κ3) is 3.51. The molecule has 0 aromatic carbocycles. The summed E-state index contributed by atoms with van der Waals surface area (Å²) in [6.07, 6.45) is 1.81. The molecule has 0 amide bonds. The summed E-state index contributed by atoms with van der Waals surface area (Å²) in [4.78, 5) is 15.4. The fourth-order valence-electron chi connectivity index (χ4n) is 2.52. The summed E-state index contributed by atoms with van der Waals surface area (Å²) in [6, 6.07) is 5.69. The summed E-state index contributed by atoms with van der Waals surface area (Å²) in [5.74, 6) is 2.64. The van der Waals surface area contributed by atoms with Gasteiger partial charge in [0.15, 0.2) is 5.22 Å². The van der Waals surface area contributed by atoms with Crippen molar-refractivity contribution in [3.63, 3.8) is 0 Å². The second kappa shape index (κ2) is 6.54. The molecule has 0 atom stereocenters. The van der Waals surface area contributed by atoms with E-state index in [1.165, 1.54) is 0 Å². The fraction of sp³-hybridized carbons (Fsp3) is 0.467. The first kappa shape index (κ1) is 15.1. The van der Waals surface area contributed by atoms with E-state index in [0.29, 0.717) is 5.22 Å². The van der Waals surface area contributed by atoms with Crippen LogP contribution in [0.3, 0.4) is 0 Å². The predicted molar refractivity (Wildman–Crippen MR) is 87.6 cm³/mol. The van der Waals surface area contributed by atoms with Gasteiger partial charge in [-0.05, 0) is 29.8 Å². The Balaban J connectivity index is 1.58. The van der Waals surface area contributed by atoms with E-state index < -0.39 is 0 Å². The Labute approximate surface area is 135 Å². The fourth-order valence-corrected chi connectivity index (χ4v) is 2.69. The second-order valence-corrected chi connectivity index (χ2v) is 5.95. The molecule has 3 heterocycles. The van der Waals surface area contributed by atoms with Crippen molar-refractivity contribution >= 4 is 23.4 Å². The molecule has 7 heteroatoms. The van der Waals surface area contributed by atoms with Gasteiger partial charge in [-0.3, -0.25) is 4.90 Å². The first-order valence-corrected chi connectivity index (χ1v) is 7.71. The van der Waals surface area contributed by atoms with E-state index in [9.17, 15) is 0 Å². The van der Waals surface area contributed by atoms with Crippen molar-refractivity contribution in [3.05, 3.63) is 35.4 Å². The number of halogens is 1. The molecular weight excluding hydrogens is 302 g/mol. The molecule has 3 rings (SSSR count). The minimum Gasteiger partial charge on any atom is -0.448 e. The highest BCUT2D eigenvalue weighted by Gasteiger charge is 2.19. The molecule has 0 spiro atoms. The minimum atomic E-state index is 0.450. The number of hydrogen-bond acceptors (Lipinski definition) is 6. The van der Waals surface area contributed by atoms with Crippen molar-refractivity contribution in [2.45, 2.75) is 6.54 Å². The Morgan fingerprint density at radius 3 is 2.59 bits per heavy atom. The van der Waals surface area contributed by atoms with Crippen LogP contribution in [-0.4, -0.2) is 55.1 Å². The summed E-state index contributed by atoms with van der Waals surface area (Å²) in [5.41, 5.74) is 0. The van der Waals surface area contributed by atoms with Crippen LogP contribution in [0.1, 0.15) is 5.76 Å². The van der Waals surface area contributed by atoms with Gasteiger partial charge in [-0.1, -0.05) is 0 Å². The summed E-state index contributed by atoms with van der Waals surface area (Å²) < 4.78 is 5.42. The van der Waals surface area contributed by atoms with Crippen LogP contribution in [0.5, 0.6) is 0 Å². The van der Waals surface area contributed by atoms with Gasteiger partial charge < -0.3 is 14.2 Å². The third-order valence-electron chi connectivity index (χ3n) is 3.73. The zero-order valence-electron chi connectivity index (χ0n) is 12.9. The van der Waals surface area contributed by atoms with Gasteiger partial charge in [0.05, 0.1) is 6.54 Å². The monoisotopic (exact) mass is 321 g/mol. The number of furan rings is 1. The molecule has 6 nitrogen and oxygen atoms in total. The largest absolute Gasteiger partial charge is 0.448 e. The number of hydrogen-bond donors (Lipinski definition) is 0. The van der Waals surface area contributed by atoms with E-state index >= 15 is 0 Å². The summed E-state index contributed by atoms with van der Waals surface area (Å²) in [5, 5.41) is 0.450. The molecule has 1 aliphatic rings. The molecule has 118 valence electrons. The number of nitrogens with zero attached hydrogens (tertiary/aromatic N) is 5. The highest BCUT2D eigenvalue weighted by atomic mass is 35.5. The van der Waals surface area contributed by atoms with Crippen LogP contribution in [0.15, 0.2) is 28.8 Å².